The quantitative estimate of drug-likeness (QED) is 0.185. The second kappa shape index (κ2) is 14.1. The second-order valence-corrected chi connectivity index (χ2v) is 7.61. The summed E-state index contributed by atoms with van der Waals surface area (Å²) in [4.78, 5) is 11.3. The lowest BCUT2D eigenvalue weighted by molar-refractivity contribution is 0.140. The van der Waals surface area contributed by atoms with E-state index in [0.717, 1.165) is 93.7 Å². The minimum absolute atomic E-state index is 0.0309. The zero-order valence-electron chi connectivity index (χ0n) is 18.8. The zero-order valence-corrected chi connectivity index (χ0v) is 18.8. The molecule has 0 radical (unpaired) electrons. The number of phenolic OH excluding ortho intramolecular Hbond substituents is 1. The summed E-state index contributed by atoms with van der Waals surface area (Å²) in [7, 11) is 0. The van der Waals surface area contributed by atoms with E-state index in [1.54, 1.807) is 0 Å². The number of benzene rings is 1. The molecule has 0 fully saturated rings. The molecule has 0 aliphatic heterocycles. The van der Waals surface area contributed by atoms with Gasteiger partial charge in [0.05, 0.1) is 6.61 Å². The van der Waals surface area contributed by atoms with Crippen molar-refractivity contribution in [3.05, 3.63) is 16.7 Å². The lowest BCUT2D eigenvalue weighted by Crippen LogP contribution is -2.12. The standard InChI is InChI=1S/C24H40O5/c1-5-9-12-15-18-19(16-13-10-6-2)21(25)23(29-24(26)27)22(28-8-4)20(18)17-14-11-7-3/h25H,5-17H2,1-4H3,(H,26,27). The van der Waals surface area contributed by atoms with Crippen LogP contribution in [-0.4, -0.2) is 23.0 Å². The van der Waals surface area contributed by atoms with Crippen LogP contribution < -0.4 is 9.47 Å². The van der Waals surface area contributed by atoms with E-state index >= 15 is 0 Å². The van der Waals surface area contributed by atoms with E-state index in [1.165, 1.54) is 0 Å². The molecule has 0 saturated carbocycles. The first-order valence-electron chi connectivity index (χ1n) is 11.4. The monoisotopic (exact) mass is 408 g/mol. The molecule has 0 bridgehead atoms. The summed E-state index contributed by atoms with van der Waals surface area (Å²) in [6.07, 6.45) is 10.6. The van der Waals surface area contributed by atoms with E-state index < -0.39 is 6.16 Å². The Kier molecular flexibility index (Phi) is 12.2. The van der Waals surface area contributed by atoms with Gasteiger partial charge in [-0.05, 0) is 51.0 Å². The highest BCUT2D eigenvalue weighted by Crippen LogP contribution is 2.47. The Bertz CT molecular complexity index is 624. The molecule has 0 unspecified atom stereocenters. The molecular weight excluding hydrogens is 368 g/mol. The van der Waals surface area contributed by atoms with Gasteiger partial charge in [-0.15, -0.1) is 0 Å². The molecule has 0 aliphatic carbocycles. The van der Waals surface area contributed by atoms with Gasteiger partial charge in [0.2, 0.25) is 5.75 Å². The summed E-state index contributed by atoms with van der Waals surface area (Å²) in [5, 5.41) is 20.3. The number of rotatable bonds is 15. The van der Waals surface area contributed by atoms with Crippen molar-refractivity contribution in [3.63, 3.8) is 0 Å². The molecule has 0 heterocycles. The van der Waals surface area contributed by atoms with Gasteiger partial charge < -0.3 is 19.7 Å². The molecule has 5 nitrogen and oxygen atoms in total. The van der Waals surface area contributed by atoms with E-state index in [9.17, 15) is 15.0 Å². The van der Waals surface area contributed by atoms with Crippen LogP contribution in [0.15, 0.2) is 0 Å². The average Bonchev–Trinajstić information content (AvgIpc) is 2.69. The van der Waals surface area contributed by atoms with Crippen molar-refractivity contribution in [2.75, 3.05) is 6.61 Å². The van der Waals surface area contributed by atoms with Gasteiger partial charge in [-0.25, -0.2) is 4.79 Å². The van der Waals surface area contributed by atoms with Crippen molar-refractivity contribution in [3.8, 4) is 17.2 Å². The van der Waals surface area contributed by atoms with Crippen LogP contribution in [0.1, 0.15) is 102 Å². The van der Waals surface area contributed by atoms with Crippen LogP contribution in [0, 0.1) is 0 Å². The van der Waals surface area contributed by atoms with Gasteiger partial charge in [0.15, 0.2) is 11.5 Å². The van der Waals surface area contributed by atoms with Gasteiger partial charge in [0.1, 0.15) is 0 Å². The number of ether oxygens (including phenoxy) is 2. The van der Waals surface area contributed by atoms with Gasteiger partial charge >= 0.3 is 6.16 Å². The van der Waals surface area contributed by atoms with Gasteiger partial charge in [-0.2, -0.15) is 0 Å². The second-order valence-electron chi connectivity index (χ2n) is 7.61. The maximum atomic E-state index is 11.3. The number of unbranched alkanes of at least 4 members (excludes halogenated alkanes) is 6. The lowest BCUT2D eigenvalue weighted by atomic mass is 9.88. The molecule has 0 atom stereocenters. The number of hydrogen-bond donors (Lipinski definition) is 2. The fourth-order valence-electron chi connectivity index (χ4n) is 3.81. The molecule has 0 amide bonds. The summed E-state index contributed by atoms with van der Waals surface area (Å²) < 4.78 is 10.9. The highest BCUT2D eigenvalue weighted by atomic mass is 16.7. The minimum atomic E-state index is -1.43. The van der Waals surface area contributed by atoms with Crippen LogP contribution in [-0.2, 0) is 19.3 Å². The Hall–Kier alpha value is -1.91. The van der Waals surface area contributed by atoms with E-state index in [2.05, 4.69) is 20.8 Å². The van der Waals surface area contributed by atoms with Gasteiger partial charge in [-0.1, -0.05) is 59.3 Å². The summed E-state index contributed by atoms with van der Waals surface area (Å²) in [6, 6.07) is 0. The summed E-state index contributed by atoms with van der Waals surface area (Å²) in [5.41, 5.74) is 3.02. The Morgan fingerprint density at radius 2 is 1.21 bits per heavy atom. The Balaban J connectivity index is 3.56. The van der Waals surface area contributed by atoms with Crippen LogP contribution in [0.5, 0.6) is 17.2 Å². The number of aromatic hydroxyl groups is 1. The first-order valence-corrected chi connectivity index (χ1v) is 11.4. The number of carboxylic acid groups (broad SMARTS) is 1. The molecule has 0 spiro atoms. The first-order chi connectivity index (χ1) is 14.0. The molecule has 1 aromatic rings. The third kappa shape index (κ3) is 7.79. The molecular formula is C24H40O5. The predicted octanol–water partition coefficient (Wildman–Crippen LogP) is 7.05. The van der Waals surface area contributed by atoms with Crippen LogP contribution in [0.2, 0.25) is 0 Å². The van der Waals surface area contributed by atoms with Gasteiger partial charge in [-0.3, -0.25) is 0 Å². The largest absolute Gasteiger partial charge is 0.511 e. The topological polar surface area (TPSA) is 76.0 Å². The van der Waals surface area contributed by atoms with E-state index in [0.29, 0.717) is 12.4 Å². The Labute approximate surface area is 176 Å². The molecule has 5 heteroatoms. The normalized spacial score (nSPS) is 10.9. The molecule has 2 N–H and O–H groups in total. The number of phenols is 1. The predicted molar refractivity (Wildman–Crippen MR) is 118 cm³/mol. The molecule has 29 heavy (non-hydrogen) atoms. The minimum Gasteiger partial charge on any atom is -0.504 e. The average molecular weight is 409 g/mol. The Morgan fingerprint density at radius 3 is 1.66 bits per heavy atom. The fraction of sp³-hybridized carbons (Fsp3) is 0.708. The lowest BCUT2D eigenvalue weighted by Gasteiger charge is -2.23. The van der Waals surface area contributed by atoms with Crippen molar-refractivity contribution < 1.29 is 24.5 Å². The van der Waals surface area contributed by atoms with Gasteiger partial charge in [0.25, 0.3) is 0 Å². The van der Waals surface area contributed by atoms with Crippen molar-refractivity contribution in [1.82, 2.24) is 0 Å². The SMILES string of the molecule is CCCCCc1c(O)c(OC(=O)O)c(OCC)c(CCCCC)c1CCCCC. The molecule has 1 aromatic carbocycles. The third-order valence-electron chi connectivity index (χ3n) is 5.28. The number of carbonyl (C=O) groups is 1. The number of hydrogen-bond acceptors (Lipinski definition) is 4. The van der Waals surface area contributed by atoms with E-state index in [-0.39, 0.29) is 11.5 Å². The molecule has 0 aliphatic rings. The van der Waals surface area contributed by atoms with Crippen LogP contribution in [0.25, 0.3) is 0 Å². The molecule has 0 aromatic heterocycles. The van der Waals surface area contributed by atoms with Crippen molar-refractivity contribution in [1.29, 1.82) is 0 Å². The van der Waals surface area contributed by atoms with E-state index in [4.69, 9.17) is 9.47 Å². The molecule has 166 valence electrons. The van der Waals surface area contributed by atoms with Crippen LogP contribution in [0.4, 0.5) is 4.79 Å². The van der Waals surface area contributed by atoms with E-state index in [1.807, 2.05) is 6.92 Å². The smallest absolute Gasteiger partial charge is 0.504 e. The van der Waals surface area contributed by atoms with Crippen LogP contribution in [0.3, 0.4) is 0 Å². The fourth-order valence-corrected chi connectivity index (χ4v) is 3.81. The highest BCUT2D eigenvalue weighted by molar-refractivity contribution is 5.70. The molecule has 1 rings (SSSR count). The zero-order chi connectivity index (χ0) is 21.6. The highest BCUT2D eigenvalue weighted by Gasteiger charge is 2.27. The Morgan fingerprint density at radius 1 is 0.724 bits per heavy atom. The van der Waals surface area contributed by atoms with Crippen molar-refractivity contribution in [2.24, 2.45) is 0 Å². The third-order valence-corrected chi connectivity index (χ3v) is 5.28. The first kappa shape index (κ1) is 25.1. The maximum Gasteiger partial charge on any atom is 0.511 e. The molecule has 0 saturated heterocycles. The summed E-state index contributed by atoms with van der Waals surface area (Å²) in [5.74, 6) is 0.323. The van der Waals surface area contributed by atoms with Crippen molar-refractivity contribution >= 4 is 6.16 Å². The summed E-state index contributed by atoms with van der Waals surface area (Å²) in [6.45, 7) is 8.74. The van der Waals surface area contributed by atoms with Crippen LogP contribution >= 0.6 is 0 Å². The van der Waals surface area contributed by atoms with Crippen molar-refractivity contribution in [2.45, 2.75) is 105 Å². The van der Waals surface area contributed by atoms with Gasteiger partial charge in [0, 0.05) is 11.1 Å². The maximum absolute atomic E-state index is 11.3. The summed E-state index contributed by atoms with van der Waals surface area (Å²) >= 11 is 0.